The number of hydrogen-bond donors (Lipinski definition) is 2. The number of carbonyl (C=O) groups excluding carboxylic acids is 4. The van der Waals surface area contributed by atoms with E-state index in [4.69, 9.17) is 13.9 Å². The van der Waals surface area contributed by atoms with Gasteiger partial charge in [-0.2, -0.15) is 5.01 Å². The van der Waals surface area contributed by atoms with E-state index in [9.17, 15) is 14.7 Å². The number of aromatic hydroxyl groups is 1. The molecule has 5 aromatic carbocycles. The molecule has 1 saturated carbocycles. The van der Waals surface area contributed by atoms with E-state index in [1.165, 1.54) is 31.3 Å². The molecule has 4 aliphatic rings. The van der Waals surface area contributed by atoms with Crippen LogP contribution in [0.1, 0.15) is 35.4 Å². The summed E-state index contributed by atoms with van der Waals surface area (Å²) in [4.78, 5) is 65.9. The summed E-state index contributed by atoms with van der Waals surface area (Å²) in [6, 6.07) is 34.0. The molecule has 300 valence electrons. The Labute approximate surface area is 345 Å². The van der Waals surface area contributed by atoms with Gasteiger partial charge in [-0.25, -0.2) is 4.98 Å². The summed E-state index contributed by atoms with van der Waals surface area (Å²) < 4.78 is 17.9. The monoisotopic (exact) mass is 800 g/mol. The first kappa shape index (κ1) is 37.1. The number of nitrogens with zero attached hydrogens (tertiary/aromatic N) is 3. The van der Waals surface area contributed by atoms with Crippen molar-refractivity contribution in [1.29, 1.82) is 0 Å². The number of aryl methyl sites for hydroxylation is 1. The van der Waals surface area contributed by atoms with Gasteiger partial charge in [0.25, 0.3) is 11.8 Å². The molecule has 1 aromatic heterocycles. The van der Waals surface area contributed by atoms with Crippen molar-refractivity contribution in [3.8, 4) is 28.7 Å². The summed E-state index contributed by atoms with van der Waals surface area (Å²) in [7, 11) is 2.94. The number of imide groups is 2. The number of benzene rings is 5. The van der Waals surface area contributed by atoms with Gasteiger partial charge in [-0.3, -0.25) is 29.5 Å². The zero-order valence-electron chi connectivity index (χ0n) is 33.0. The number of nitrogens with one attached hydrogen (secondary N) is 1. The molecule has 12 heteroatoms. The van der Waals surface area contributed by atoms with E-state index in [-0.39, 0.29) is 41.9 Å². The maximum atomic E-state index is 15.6. The highest BCUT2D eigenvalue weighted by molar-refractivity contribution is 6.22. The van der Waals surface area contributed by atoms with E-state index in [0.717, 1.165) is 21.7 Å². The molecule has 60 heavy (non-hydrogen) atoms. The van der Waals surface area contributed by atoms with Gasteiger partial charge in [-0.05, 0) is 79.8 Å². The number of rotatable bonds is 8. The van der Waals surface area contributed by atoms with Crippen LogP contribution in [0.25, 0.3) is 22.6 Å². The fourth-order valence-electron chi connectivity index (χ4n) is 10.3. The number of methoxy groups -OCH3 is 2. The first-order chi connectivity index (χ1) is 29.1. The molecule has 0 unspecified atom stereocenters. The lowest BCUT2D eigenvalue weighted by atomic mass is 9.49. The van der Waals surface area contributed by atoms with Crippen LogP contribution in [0, 0.1) is 30.6 Å². The van der Waals surface area contributed by atoms with Gasteiger partial charge in [0.05, 0.1) is 48.8 Å². The Hall–Kier alpha value is -7.21. The summed E-state index contributed by atoms with van der Waals surface area (Å²) in [5.41, 5.74) is 7.36. The highest BCUT2D eigenvalue weighted by Crippen LogP contribution is 2.66. The molecule has 2 aliphatic heterocycles. The van der Waals surface area contributed by atoms with E-state index in [1.807, 2.05) is 79.7 Å². The van der Waals surface area contributed by atoms with Gasteiger partial charge in [0.1, 0.15) is 22.8 Å². The fraction of sp³-hybridized carbons (Fsp3) is 0.229. The summed E-state index contributed by atoms with van der Waals surface area (Å²) in [5.74, 6) is -4.95. The molecular weight excluding hydrogens is 761 g/mol. The third kappa shape index (κ3) is 5.39. The number of oxazole rings is 1. The molecule has 0 bridgehead atoms. The second-order valence-electron chi connectivity index (χ2n) is 15.9. The lowest BCUT2D eigenvalue weighted by Crippen LogP contribution is -2.53. The molecule has 0 radical (unpaired) electrons. The number of ether oxygens (including phenoxy) is 2. The van der Waals surface area contributed by atoms with Gasteiger partial charge in [-0.15, -0.1) is 0 Å². The van der Waals surface area contributed by atoms with Gasteiger partial charge >= 0.3 is 0 Å². The predicted molar refractivity (Wildman–Crippen MR) is 222 cm³/mol. The number of hydrazine groups is 1. The SMILES string of the molecule is COc1cc(O)cc(OC)c1[C@H]1C2=CC[C@@H]3C(=O)N(c4ccc(-c5nc6ccccc6o5)cc4)C(=O)[C@@H]3[C@@H]2C[C@H]2C(=O)N(Nc3ccc(C)cc3)C(=O)[C@@]12c1ccccc1. The molecular formula is C48H40N4O8. The first-order valence-corrected chi connectivity index (χ1v) is 19.9. The van der Waals surface area contributed by atoms with Crippen LogP contribution >= 0.6 is 0 Å². The van der Waals surface area contributed by atoms with Crippen molar-refractivity contribution < 1.29 is 38.2 Å². The smallest absolute Gasteiger partial charge is 0.260 e. The molecule has 2 aliphatic carbocycles. The van der Waals surface area contributed by atoms with Crippen LogP contribution in [0.5, 0.6) is 17.2 Å². The minimum atomic E-state index is -1.56. The molecule has 2 saturated heterocycles. The summed E-state index contributed by atoms with van der Waals surface area (Å²) >= 11 is 0. The van der Waals surface area contributed by atoms with Crippen LogP contribution in [0.4, 0.5) is 11.4 Å². The Kier molecular flexibility index (Phi) is 8.64. The number of fused-ring (bicyclic) bond motifs is 5. The van der Waals surface area contributed by atoms with Crippen LogP contribution in [0.15, 0.2) is 131 Å². The van der Waals surface area contributed by atoms with Crippen LogP contribution in [-0.2, 0) is 24.6 Å². The van der Waals surface area contributed by atoms with E-state index < -0.39 is 46.8 Å². The Bertz CT molecular complexity index is 2700. The van der Waals surface area contributed by atoms with Crippen LogP contribution < -0.4 is 19.8 Å². The first-order valence-electron chi connectivity index (χ1n) is 19.9. The number of allylic oxidation sites excluding steroid dienone is 2. The van der Waals surface area contributed by atoms with Crippen LogP contribution in [0.2, 0.25) is 0 Å². The largest absolute Gasteiger partial charge is 0.508 e. The third-order valence-corrected chi connectivity index (χ3v) is 12.9. The van der Waals surface area contributed by atoms with E-state index >= 15 is 9.59 Å². The van der Waals surface area contributed by atoms with Gasteiger partial charge in [0.2, 0.25) is 17.7 Å². The van der Waals surface area contributed by atoms with Crippen LogP contribution in [-0.4, -0.2) is 52.9 Å². The standard InChI is InChI=1S/C48H40N4O8/c1-26-13-17-29(18-14-26)50-52-45(55)35-25-34-32(42(41-38(58-2)23-31(53)24-39(41)59-3)48(35,47(52)57)28-9-5-4-6-10-28)21-22-33-40(34)46(56)51(44(33)54)30-19-15-27(16-20-30)43-49-36-11-7-8-12-37(36)60-43/h4-21,23-24,33-35,40,42,50,53H,22,25H2,1-3H3/t33-,34+,35-,40-,42+,48+/m0/s1. The molecule has 6 aromatic rings. The van der Waals surface area contributed by atoms with Crippen molar-refractivity contribution >= 4 is 46.1 Å². The van der Waals surface area contributed by atoms with Crippen molar-refractivity contribution in [2.75, 3.05) is 24.5 Å². The third-order valence-electron chi connectivity index (χ3n) is 12.9. The normalized spacial score (nSPS) is 24.6. The molecule has 6 atom stereocenters. The van der Waals surface area contributed by atoms with E-state index in [0.29, 0.717) is 39.5 Å². The zero-order chi connectivity index (χ0) is 41.4. The minimum Gasteiger partial charge on any atom is -0.508 e. The van der Waals surface area contributed by atoms with Gasteiger partial charge in [0, 0.05) is 29.2 Å². The molecule has 3 fully saturated rings. The predicted octanol–water partition coefficient (Wildman–Crippen LogP) is 7.72. The Morgan fingerprint density at radius 2 is 1.48 bits per heavy atom. The second-order valence-corrected chi connectivity index (χ2v) is 15.9. The fourth-order valence-corrected chi connectivity index (χ4v) is 10.3. The number of para-hydroxylation sites is 2. The molecule has 12 nitrogen and oxygen atoms in total. The van der Waals surface area contributed by atoms with Crippen molar-refractivity contribution in [2.45, 2.75) is 31.1 Å². The summed E-state index contributed by atoms with van der Waals surface area (Å²) in [6.07, 6.45) is 2.31. The number of aromatic nitrogens is 1. The topological polar surface area (TPSA) is 152 Å². The lowest BCUT2D eigenvalue weighted by molar-refractivity contribution is -0.138. The number of amides is 4. The van der Waals surface area contributed by atoms with Crippen molar-refractivity contribution in [3.05, 3.63) is 144 Å². The quantitative estimate of drug-likeness (QED) is 0.116. The molecule has 0 spiro atoms. The van der Waals surface area contributed by atoms with Crippen molar-refractivity contribution in [3.63, 3.8) is 0 Å². The summed E-state index contributed by atoms with van der Waals surface area (Å²) in [6.45, 7) is 1.95. The number of phenols is 1. The highest BCUT2D eigenvalue weighted by atomic mass is 16.5. The number of phenolic OH excluding ortho intramolecular Hbond substituents is 1. The Morgan fingerprint density at radius 3 is 2.17 bits per heavy atom. The van der Waals surface area contributed by atoms with E-state index in [1.54, 1.807) is 36.4 Å². The Balaban J connectivity index is 1.11. The highest BCUT2D eigenvalue weighted by Gasteiger charge is 2.71. The zero-order valence-corrected chi connectivity index (χ0v) is 33.0. The molecule has 3 heterocycles. The average Bonchev–Trinajstić information content (AvgIpc) is 3.89. The van der Waals surface area contributed by atoms with Gasteiger partial charge in [0.15, 0.2) is 5.58 Å². The van der Waals surface area contributed by atoms with Crippen molar-refractivity contribution in [1.82, 2.24) is 9.99 Å². The van der Waals surface area contributed by atoms with Crippen LogP contribution in [0.3, 0.4) is 0 Å². The minimum absolute atomic E-state index is 0.112. The maximum Gasteiger partial charge on any atom is 0.260 e. The molecule has 10 rings (SSSR count). The molecule has 4 amide bonds. The number of carbonyl (C=O) groups is 4. The number of hydrogen-bond acceptors (Lipinski definition) is 10. The number of anilines is 2. The Morgan fingerprint density at radius 1 is 0.800 bits per heavy atom. The maximum absolute atomic E-state index is 15.6. The van der Waals surface area contributed by atoms with E-state index in [2.05, 4.69) is 10.4 Å². The van der Waals surface area contributed by atoms with Crippen molar-refractivity contribution in [2.24, 2.45) is 23.7 Å². The lowest BCUT2D eigenvalue weighted by Gasteiger charge is -2.51. The molecule has 2 N–H and O–H groups in total. The van der Waals surface area contributed by atoms with Gasteiger partial charge < -0.3 is 19.0 Å². The average molecular weight is 801 g/mol. The summed E-state index contributed by atoms with van der Waals surface area (Å²) in [5, 5.41) is 11.9. The second kappa shape index (κ2) is 14.0. The van der Waals surface area contributed by atoms with Gasteiger partial charge in [-0.1, -0.05) is 71.8 Å².